The molecule has 6 heteroatoms. The molecule has 2 heterocycles. The van der Waals surface area contributed by atoms with Crippen LogP contribution in [0.3, 0.4) is 0 Å². The standard InChI is InChI=1S/C18H23FN2O3/c1-18(2,3)24-17(23)20-8-4-5-14(11-20)21-10-12-6-7-13(19)9-15(12)16(21)22/h6-7,9,14H,4-5,8,10-11H2,1-3H3. The summed E-state index contributed by atoms with van der Waals surface area (Å²) in [6.45, 7) is 7.07. The highest BCUT2D eigenvalue weighted by molar-refractivity contribution is 5.98. The van der Waals surface area contributed by atoms with Gasteiger partial charge in [0.15, 0.2) is 0 Å². The van der Waals surface area contributed by atoms with E-state index in [1.165, 1.54) is 12.1 Å². The van der Waals surface area contributed by atoms with Crippen LogP contribution in [0.25, 0.3) is 0 Å². The molecule has 24 heavy (non-hydrogen) atoms. The number of carbonyl (C=O) groups is 2. The van der Waals surface area contributed by atoms with E-state index in [4.69, 9.17) is 4.74 Å². The smallest absolute Gasteiger partial charge is 0.410 e. The molecule has 0 aromatic heterocycles. The Hall–Kier alpha value is -2.11. The summed E-state index contributed by atoms with van der Waals surface area (Å²) in [6.07, 6.45) is 1.31. The average molecular weight is 334 g/mol. The molecule has 0 radical (unpaired) electrons. The molecule has 1 saturated heterocycles. The van der Waals surface area contributed by atoms with E-state index in [0.29, 0.717) is 25.2 Å². The molecule has 0 bridgehead atoms. The molecule has 1 fully saturated rings. The van der Waals surface area contributed by atoms with E-state index in [-0.39, 0.29) is 18.0 Å². The monoisotopic (exact) mass is 334 g/mol. The van der Waals surface area contributed by atoms with Crippen molar-refractivity contribution in [2.75, 3.05) is 13.1 Å². The molecule has 5 nitrogen and oxygen atoms in total. The summed E-state index contributed by atoms with van der Waals surface area (Å²) >= 11 is 0. The second kappa shape index (κ2) is 6.07. The zero-order chi connectivity index (χ0) is 17.5. The Balaban J connectivity index is 1.70. The minimum absolute atomic E-state index is 0.0609. The number of likely N-dealkylation sites (tertiary alicyclic amines) is 1. The van der Waals surface area contributed by atoms with Crippen molar-refractivity contribution < 1.29 is 18.7 Å². The molecule has 0 saturated carbocycles. The predicted molar refractivity (Wildman–Crippen MR) is 87.1 cm³/mol. The van der Waals surface area contributed by atoms with Crippen molar-refractivity contribution in [2.45, 2.75) is 51.8 Å². The van der Waals surface area contributed by atoms with E-state index in [0.717, 1.165) is 18.4 Å². The lowest BCUT2D eigenvalue weighted by molar-refractivity contribution is 0.0106. The normalized spacial score (nSPS) is 21.0. The fourth-order valence-electron chi connectivity index (χ4n) is 3.29. The molecule has 2 aliphatic rings. The maximum atomic E-state index is 13.4. The number of ether oxygens (including phenoxy) is 1. The third-order valence-electron chi connectivity index (χ3n) is 4.39. The van der Waals surface area contributed by atoms with Gasteiger partial charge in [0.25, 0.3) is 5.91 Å². The van der Waals surface area contributed by atoms with Gasteiger partial charge in [-0.3, -0.25) is 4.79 Å². The molecule has 1 aromatic carbocycles. The van der Waals surface area contributed by atoms with Crippen LogP contribution in [0.15, 0.2) is 18.2 Å². The molecule has 2 aliphatic heterocycles. The number of carbonyl (C=O) groups excluding carboxylic acids is 2. The van der Waals surface area contributed by atoms with Crippen LogP contribution in [0.1, 0.15) is 49.5 Å². The lowest BCUT2D eigenvalue weighted by atomic mass is 10.0. The Morgan fingerprint density at radius 2 is 2.08 bits per heavy atom. The molecule has 130 valence electrons. The lowest BCUT2D eigenvalue weighted by Gasteiger charge is -2.38. The van der Waals surface area contributed by atoms with Gasteiger partial charge in [0.1, 0.15) is 11.4 Å². The maximum Gasteiger partial charge on any atom is 0.410 e. The Labute approximate surface area is 141 Å². The third kappa shape index (κ3) is 3.37. The highest BCUT2D eigenvalue weighted by Gasteiger charge is 2.37. The van der Waals surface area contributed by atoms with Crippen molar-refractivity contribution in [1.29, 1.82) is 0 Å². The minimum atomic E-state index is -0.540. The van der Waals surface area contributed by atoms with Crippen LogP contribution >= 0.6 is 0 Å². The van der Waals surface area contributed by atoms with Crippen molar-refractivity contribution in [3.63, 3.8) is 0 Å². The van der Waals surface area contributed by atoms with Gasteiger partial charge >= 0.3 is 6.09 Å². The first kappa shape index (κ1) is 16.7. The van der Waals surface area contributed by atoms with Gasteiger partial charge in [-0.2, -0.15) is 0 Å². The molecule has 2 amide bonds. The van der Waals surface area contributed by atoms with Gasteiger partial charge in [-0.1, -0.05) is 6.07 Å². The molecule has 1 unspecified atom stereocenters. The molecule has 0 aliphatic carbocycles. The summed E-state index contributed by atoms with van der Waals surface area (Å²) in [7, 11) is 0. The van der Waals surface area contributed by atoms with E-state index >= 15 is 0 Å². The van der Waals surface area contributed by atoms with Crippen molar-refractivity contribution in [2.24, 2.45) is 0 Å². The number of rotatable bonds is 1. The first-order chi connectivity index (χ1) is 11.2. The van der Waals surface area contributed by atoms with Crippen molar-refractivity contribution in [3.8, 4) is 0 Å². The van der Waals surface area contributed by atoms with E-state index in [1.807, 2.05) is 20.8 Å². The van der Waals surface area contributed by atoms with Crippen LogP contribution < -0.4 is 0 Å². The van der Waals surface area contributed by atoms with Crippen LogP contribution in [0, 0.1) is 5.82 Å². The number of halogens is 1. The first-order valence-electron chi connectivity index (χ1n) is 8.32. The van der Waals surface area contributed by atoms with E-state index in [9.17, 15) is 14.0 Å². The fourth-order valence-corrected chi connectivity index (χ4v) is 3.29. The summed E-state index contributed by atoms with van der Waals surface area (Å²) < 4.78 is 18.8. The van der Waals surface area contributed by atoms with Gasteiger partial charge in [-0.15, -0.1) is 0 Å². The van der Waals surface area contributed by atoms with Gasteiger partial charge < -0.3 is 14.5 Å². The maximum absolute atomic E-state index is 13.4. The Kier molecular flexibility index (Phi) is 4.24. The highest BCUT2D eigenvalue weighted by Crippen LogP contribution is 2.29. The number of hydrogen-bond acceptors (Lipinski definition) is 3. The van der Waals surface area contributed by atoms with Gasteiger partial charge in [0.05, 0.1) is 6.04 Å². The predicted octanol–water partition coefficient (Wildman–Crippen LogP) is 3.18. The van der Waals surface area contributed by atoms with E-state index in [2.05, 4.69) is 0 Å². The third-order valence-corrected chi connectivity index (χ3v) is 4.39. The van der Waals surface area contributed by atoms with Crippen LogP contribution in [-0.4, -0.2) is 46.5 Å². The second-order valence-corrected chi connectivity index (χ2v) is 7.46. The van der Waals surface area contributed by atoms with Crippen LogP contribution in [0.2, 0.25) is 0 Å². The van der Waals surface area contributed by atoms with Crippen LogP contribution in [0.4, 0.5) is 9.18 Å². The Bertz CT molecular complexity index is 669. The van der Waals surface area contributed by atoms with E-state index in [1.54, 1.807) is 15.9 Å². The second-order valence-electron chi connectivity index (χ2n) is 7.46. The van der Waals surface area contributed by atoms with Gasteiger partial charge in [-0.05, 0) is 51.3 Å². The van der Waals surface area contributed by atoms with E-state index < -0.39 is 11.4 Å². The number of fused-ring (bicyclic) bond motifs is 1. The number of amides is 2. The first-order valence-corrected chi connectivity index (χ1v) is 8.32. The van der Waals surface area contributed by atoms with Crippen molar-refractivity contribution in [3.05, 3.63) is 35.1 Å². The number of piperidine rings is 1. The molecule has 0 spiro atoms. The highest BCUT2D eigenvalue weighted by atomic mass is 19.1. The summed E-state index contributed by atoms with van der Waals surface area (Å²) in [5.74, 6) is -0.552. The van der Waals surface area contributed by atoms with Crippen molar-refractivity contribution in [1.82, 2.24) is 9.80 Å². The SMILES string of the molecule is CC(C)(C)OC(=O)N1CCCC(N2Cc3ccc(F)cc3C2=O)C1. The fraction of sp³-hybridized carbons (Fsp3) is 0.556. The zero-order valence-corrected chi connectivity index (χ0v) is 14.3. The summed E-state index contributed by atoms with van der Waals surface area (Å²) in [6, 6.07) is 4.28. The molecule has 1 atom stereocenters. The molecule has 3 rings (SSSR count). The quantitative estimate of drug-likeness (QED) is 0.792. The van der Waals surface area contributed by atoms with Gasteiger partial charge in [-0.25, -0.2) is 9.18 Å². The summed E-state index contributed by atoms with van der Waals surface area (Å²) in [5.41, 5.74) is 0.738. The largest absolute Gasteiger partial charge is 0.444 e. The molecular formula is C18H23FN2O3. The Morgan fingerprint density at radius 3 is 2.79 bits per heavy atom. The topological polar surface area (TPSA) is 49.9 Å². The van der Waals surface area contributed by atoms with Crippen LogP contribution in [0.5, 0.6) is 0 Å². The molecular weight excluding hydrogens is 311 g/mol. The number of nitrogens with zero attached hydrogens (tertiary/aromatic N) is 2. The van der Waals surface area contributed by atoms with Crippen LogP contribution in [-0.2, 0) is 11.3 Å². The number of hydrogen-bond donors (Lipinski definition) is 0. The molecule has 1 aromatic rings. The Morgan fingerprint density at radius 1 is 1.33 bits per heavy atom. The average Bonchev–Trinajstić information content (AvgIpc) is 2.83. The molecule has 0 N–H and O–H groups in total. The zero-order valence-electron chi connectivity index (χ0n) is 14.3. The minimum Gasteiger partial charge on any atom is -0.444 e. The van der Waals surface area contributed by atoms with Crippen molar-refractivity contribution >= 4 is 12.0 Å². The van der Waals surface area contributed by atoms with Gasteiger partial charge in [0, 0.05) is 25.2 Å². The summed E-state index contributed by atoms with van der Waals surface area (Å²) in [4.78, 5) is 28.3. The number of benzene rings is 1. The lowest BCUT2D eigenvalue weighted by Crippen LogP contribution is -2.50. The van der Waals surface area contributed by atoms with Gasteiger partial charge in [0.2, 0.25) is 0 Å². The summed E-state index contributed by atoms with van der Waals surface area (Å²) in [5, 5.41) is 0.